The van der Waals surface area contributed by atoms with E-state index in [0.717, 1.165) is 31.0 Å². The van der Waals surface area contributed by atoms with Crippen molar-refractivity contribution >= 4 is 17.5 Å². The molecule has 2 saturated heterocycles. The van der Waals surface area contributed by atoms with E-state index in [1.807, 2.05) is 19.1 Å². The van der Waals surface area contributed by atoms with Crippen LogP contribution in [0.2, 0.25) is 5.02 Å². The maximum Gasteiger partial charge on any atom is 0.234 e. The van der Waals surface area contributed by atoms with Gasteiger partial charge in [0.25, 0.3) is 0 Å². The van der Waals surface area contributed by atoms with Gasteiger partial charge in [0.1, 0.15) is 0 Å². The van der Waals surface area contributed by atoms with Crippen LogP contribution in [-0.4, -0.2) is 42.5 Å². The molecule has 2 aliphatic heterocycles. The number of carbonyl (C=O) groups excluding carboxylic acids is 1. The highest BCUT2D eigenvalue weighted by Crippen LogP contribution is 2.33. The van der Waals surface area contributed by atoms with Crippen LogP contribution in [0.3, 0.4) is 0 Å². The first-order chi connectivity index (χ1) is 11.6. The zero-order valence-corrected chi connectivity index (χ0v) is 15.1. The number of carbonyl (C=O) groups is 1. The molecule has 0 spiro atoms. The molecule has 24 heavy (non-hydrogen) atoms. The van der Waals surface area contributed by atoms with Crippen molar-refractivity contribution in [3.8, 4) is 0 Å². The Hall–Kier alpha value is -1.14. The molecule has 0 bridgehead atoms. The SMILES string of the molecule is CCC(C)NC(=O)CN1CCC2NNC(c3ccc(Cl)cc3)C2C1. The third-order valence-corrected chi connectivity index (χ3v) is 5.46. The van der Waals surface area contributed by atoms with Crippen LogP contribution in [0.25, 0.3) is 0 Å². The number of likely N-dealkylation sites (tertiary alicyclic amines) is 1. The van der Waals surface area contributed by atoms with Gasteiger partial charge in [-0.3, -0.25) is 15.1 Å². The molecular weight excluding hydrogens is 324 g/mol. The Balaban J connectivity index is 1.61. The summed E-state index contributed by atoms with van der Waals surface area (Å²) in [6, 6.07) is 8.99. The summed E-state index contributed by atoms with van der Waals surface area (Å²) in [4.78, 5) is 14.4. The number of hydrogen-bond acceptors (Lipinski definition) is 4. The summed E-state index contributed by atoms with van der Waals surface area (Å²) in [7, 11) is 0. The highest BCUT2D eigenvalue weighted by molar-refractivity contribution is 6.30. The first-order valence-electron chi connectivity index (χ1n) is 8.85. The van der Waals surface area contributed by atoms with Crippen LogP contribution in [-0.2, 0) is 4.79 Å². The van der Waals surface area contributed by atoms with Gasteiger partial charge in [0.15, 0.2) is 0 Å². The normalized spacial score (nSPS) is 28.4. The average Bonchev–Trinajstić information content (AvgIpc) is 2.98. The molecule has 4 atom stereocenters. The fourth-order valence-corrected chi connectivity index (χ4v) is 3.77. The van der Waals surface area contributed by atoms with E-state index in [4.69, 9.17) is 11.6 Å². The summed E-state index contributed by atoms with van der Waals surface area (Å²) in [6.07, 6.45) is 2.02. The Labute approximate surface area is 149 Å². The van der Waals surface area contributed by atoms with Gasteiger partial charge in [0, 0.05) is 36.1 Å². The molecule has 0 radical (unpaired) electrons. The number of halogens is 1. The van der Waals surface area contributed by atoms with E-state index < -0.39 is 0 Å². The van der Waals surface area contributed by atoms with Crippen LogP contribution < -0.4 is 16.2 Å². The van der Waals surface area contributed by atoms with Crippen LogP contribution in [0.4, 0.5) is 0 Å². The van der Waals surface area contributed by atoms with Crippen molar-refractivity contribution in [3.05, 3.63) is 34.9 Å². The first kappa shape index (κ1) is 17.7. The molecule has 0 aliphatic carbocycles. The summed E-state index contributed by atoms with van der Waals surface area (Å²) in [5, 5.41) is 3.82. The summed E-state index contributed by atoms with van der Waals surface area (Å²) >= 11 is 6.00. The first-order valence-corrected chi connectivity index (χ1v) is 9.23. The molecule has 4 unspecified atom stereocenters. The van der Waals surface area contributed by atoms with E-state index in [1.54, 1.807) is 0 Å². The number of fused-ring (bicyclic) bond motifs is 1. The average molecular weight is 351 g/mol. The monoisotopic (exact) mass is 350 g/mol. The van der Waals surface area contributed by atoms with Gasteiger partial charge in [-0.15, -0.1) is 0 Å². The lowest BCUT2D eigenvalue weighted by Gasteiger charge is -2.36. The van der Waals surface area contributed by atoms with Gasteiger partial charge in [-0.25, -0.2) is 5.43 Å². The van der Waals surface area contributed by atoms with Gasteiger partial charge < -0.3 is 5.32 Å². The minimum Gasteiger partial charge on any atom is -0.353 e. The molecule has 1 aromatic carbocycles. The lowest BCUT2D eigenvalue weighted by molar-refractivity contribution is -0.123. The smallest absolute Gasteiger partial charge is 0.234 e. The maximum absolute atomic E-state index is 12.2. The fourth-order valence-electron chi connectivity index (χ4n) is 3.64. The van der Waals surface area contributed by atoms with E-state index >= 15 is 0 Å². The summed E-state index contributed by atoms with van der Waals surface area (Å²) in [5.74, 6) is 0.584. The maximum atomic E-state index is 12.2. The van der Waals surface area contributed by atoms with Gasteiger partial charge in [0.2, 0.25) is 5.91 Å². The Morgan fingerprint density at radius 2 is 2.12 bits per heavy atom. The van der Waals surface area contributed by atoms with Crippen LogP contribution in [0.1, 0.15) is 38.3 Å². The van der Waals surface area contributed by atoms with E-state index in [9.17, 15) is 4.79 Å². The number of amides is 1. The van der Waals surface area contributed by atoms with Gasteiger partial charge in [-0.2, -0.15) is 0 Å². The minimum atomic E-state index is 0.129. The standard InChI is InChI=1S/C18H27ClN4O/c1-3-12(2)20-17(24)11-23-9-8-16-15(10-23)18(22-21-16)13-4-6-14(19)7-5-13/h4-7,12,15-16,18,21-22H,3,8-11H2,1-2H3,(H,20,24). The molecule has 132 valence electrons. The van der Waals surface area contributed by atoms with Gasteiger partial charge in [-0.05, 0) is 37.5 Å². The third-order valence-electron chi connectivity index (χ3n) is 5.21. The molecule has 0 saturated carbocycles. The Morgan fingerprint density at radius 1 is 1.38 bits per heavy atom. The molecule has 2 aliphatic rings. The number of nitrogens with zero attached hydrogens (tertiary/aromatic N) is 1. The second-order valence-corrected chi connectivity index (χ2v) is 7.43. The van der Waals surface area contributed by atoms with Crippen molar-refractivity contribution in [1.29, 1.82) is 0 Å². The predicted molar refractivity (Wildman–Crippen MR) is 96.7 cm³/mol. The Kier molecular flexibility index (Phi) is 5.76. The molecule has 2 fully saturated rings. The summed E-state index contributed by atoms with van der Waals surface area (Å²) < 4.78 is 0. The number of rotatable bonds is 5. The molecular formula is C18H27ClN4O. The van der Waals surface area contributed by atoms with Crippen LogP contribution >= 0.6 is 11.6 Å². The van der Waals surface area contributed by atoms with Crippen molar-refractivity contribution in [2.24, 2.45) is 5.92 Å². The lowest BCUT2D eigenvalue weighted by Crippen LogP contribution is -2.49. The van der Waals surface area contributed by atoms with Crippen LogP contribution in [0, 0.1) is 5.92 Å². The Bertz CT molecular complexity index is 565. The lowest BCUT2D eigenvalue weighted by atomic mass is 9.85. The van der Waals surface area contributed by atoms with E-state index in [2.05, 4.69) is 40.1 Å². The molecule has 2 heterocycles. The van der Waals surface area contributed by atoms with Crippen molar-refractivity contribution in [2.45, 2.75) is 44.8 Å². The quantitative estimate of drug-likeness (QED) is 0.761. The van der Waals surface area contributed by atoms with Gasteiger partial charge in [-0.1, -0.05) is 30.7 Å². The molecule has 5 nitrogen and oxygen atoms in total. The Morgan fingerprint density at radius 3 is 2.83 bits per heavy atom. The molecule has 0 aromatic heterocycles. The van der Waals surface area contributed by atoms with Crippen molar-refractivity contribution in [3.63, 3.8) is 0 Å². The number of benzene rings is 1. The second-order valence-electron chi connectivity index (χ2n) is 6.99. The van der Waals surface area contributed by atoms with Gasteiger partial charge >= 0.3 is 0 Å². The molecule has 3 N–H and O–H groups in total. The molecule has 6 heteroatoms. The van der Waals surface area contributed by atoms with Gasteiger partial charge in [0.05, 0.1) is 12.6 Å². The third kappa shape index (κ3) is 4.09. The molecule has 1 aromatic rings. The highest BCUT2D eigenvalue weighted by Gasteiger charge is 2.40. The number of piperidine rings is 1. The second kappa shape index (κ2) is 7.83. The topological polar surface area (TPSA) is 56.4 Å². The van der Waals surface area contributed by atoms with E-state index in [1.165, 1.54) is 5.56 Å². The fraction of sp³-hybridized carbons (Fsp3) is 0.611. The largest absolute Gasteiger partial charge is 0.353 e. The minimum absolute atomic E-state index is 0.129. The zero-order valence-electron chi connectivity index (χ0n) is 14.4. The molecule has 3 rings (SSSR count). The number of hydrazine groups is 1. The number of nitrogens with one attached hydrogen (secondary N) is 3. The zero-order chi connectivity index (χ0) is 17.1. The van der Waals surface area contributed by atoms with Crippen molar-refractivity contribution in [1.82, 2.24) is 21.1 Å². The van der Waals surface area contributed by atoms with Crippen LogP contribution in [0.5, 0.6) is 0 Å². The van der Waals surface area contributed by atoms with Crippen molar-refractivity contribution < 1.29 is 4.79 Å². The van der Waals surface area contributed by atoms with Crippen molar-refractivity contribution in [2.75, 3.05) is 19.6 Å². The highest BCUT2D eigenvalue weighted by atomic mass is 35.5. The van der Waals surface area contributed by atoms with Crippen LogP contribution in [0.15, 0.2) is 24.3 Å². The van der Waals surface area contributed by atoms with E-state index in [-0.39, 0.29) is 18.0 Å². The summed E-state index contributed by atoms with van der Waals surface area (Å²) in [6.45, 7) is 6.50. The number of hydrogen-bond donors (Lipinski definition) is 3. The molecule has 1 amide bonds. The predicted octanol–water partition coefficient (Wildman–Crippen LogP) is 2.09. The van der Waals surface area contributed by atoms with E-state index in [0.29, 0.717) is 18.5 Å². The summed E-state index contributed by atoms with van der Waals surface area (Å²) in [5.41, 5.74) is 8.10.